The molecule has 0 spiro atoms. The Balaban J connectivity index is 0.000000441. The van der Waals surface area contributed by atoms with Crippen LogP contribution in [0.4, 0.5) is 0 Å². The minimum Gasteiger partial charge on any atom is -1.00 e. The molecule has 0 amide bonds. The number of hydrogen-bond donors (Lipinski definition) is 0. The number of halogens is 2. The van der Waals surface area contributed by atoms with Gasteiger partial charge in [-0.15, -0.1) is 0 Å². The van der Waals surface area contributed by atoms with Gasteiger partial charge in [0.25, 0.3) is 0 Å². The van der Waals surface area contributed by atoms with E-state index in [2.05, 4.69) is 153 Å². The third kappa shape index (κ3) is 12.3. The SMILES string of the molecule is C[SiH](C)[Hf+]([C]1=CC([Si](C)(C)C)=CC1)[C]1=CC([Si](C)(C)C)=CC1.C[SiH](C)[Hf+]([C]1=CC([Si](C)(C)C)=CC1)[C]1=CC([Si](C)(C)C)=CC1.[Cl-].[Cl-]. The second kappa shape index (κ2) is 17.8. The predicted molar refractivity (Wildman–Crippen MR) is 214 cm³/mol. The van der Waals surface area contributed by atoms with E-state index >= 15 is 0 Å². The summed E-state index contributed by atoms with van der Waals surface area (Å²) in [4.78, 5) is 0. The van der Waals surface area contributed by atoms with Gasteiger partial charge in [0.05, 0.1) is 0 Å². The Labute approximate surface area is 319 Å². The zero-order valence-electron chi connectivity index (χ0n) is 32.4. The molecule has 0 saturated carbocycles. The molecule has 256 valence electrons. The first-order valence-electron chi connectivity index (χ1n) is 17.4. The van der Waals surface area contributed by atoms with Crippen molar-refractivity contribution < 1.29 is 66.0 Å². The van der Waals surface area contributed by atoms with Crippen molar-refractivity contribution in [2.24, 2.45) is 0 Å². The molecular weight excluding hydrogens is 1030 g/mol. The summed E-state index contributed by atoms with van der Waals surface area (Å²) in [5, 5.41) is 6.93. The molecule has 4 aliphatic rings. The van der Waals surface area contributed by atoms with Crippen LogP contribution in [0.2, 0.25) is 105 Å². The Morgan fingerprint density at radius 1 is 0.391 bits per heavy atom. The van der Waals surface area contributed by atoms with Crippen LogP contribution in [-0.4, -0.2) is 44.3 Å². The number of allylic oxidation sites excluding steroid dienone is 16. The summed E-state index contributed by atoms with van der Waals surface area (Å²) in [6.07, 6.45) is 26.4. The maximum atomic E-state index is 2.69. The van der Waals surface area contributed by atoms with Crippen LogP contribution in [0.3, 0.4) is 0 Å². The van der Waals surface area contributed by atoms with E-state index in [1.54, 1.807) is 20.8 Å². The molecule has 0 N–H and O–H groups in total. The molecule has 0 heterocycles. The zero-order chi connectivity index (χ0) is 33.4. The normalized spacial score (nSPS) is 18.3. The van der Waals surface area contributed by atoms with Gasteiger partial charge in [-0.1, -0.05) is 0 Å². The fraction of sp³-hybridized carbons (Fsp3) is 0.556. The molecule has 0 radical (unpaired) electrons. The molecule has 0 unspecified atom stereocenters. The molecular formula is C36H66Cl2Hf2Si6. The summed E-state index contributed by atoms with van der Waals surface area (Å²) >= 11 is -3.39. The molecule has 0 aliphatic heterocycles. The number of hydrogen-bond acceptors (Lipinski definition) is 0. The van der Waals surface area contributed by atoms with Gasteiger partial charge in [0.15, 0.2) is 0 Å². The minimum atomic E-state index is -1.69. The summed E-state index contributed by atoms with van der Waals surface area (Å²) in [6.45, 7) is 40.5. The fourth-order valence-electron chi connectivity index (χ4n) is 6.84. The molecule has 10 heteroatoms. The van der Waals surface area contributed by atoms with Gasteiger partial charge in [-0.05, 0) is 0 Å². The monoisotopic (exact) mass is 1100 g/mol. The van der Waals surface area contributed by atoms with Crippen molar-refractivity contribution in [3.63, 3.8) is 0 Å². The Morgan fingerprint density at radius 2 is 0.565 bits per heavy atom. The third-order valence-corrected chi connectivity index (χ3v) is 72.1. The largest absolute Gasteiger partial charge is 1.00 e. The van der Waals surface area contributed by atoms with E-state index in [1.807, 2.05) is 13.3 Å². The van der Waals surface area contributed by atoms with E-state index in [4.69, 9.17) is 0 Å². The molecule has 0 atom stereocenters. The van der Waals surface area contributed by atoms with Crippen molar-refractivity contribution in [3.8, 4) is 0 Å². The molecule has 46 heavy (non-hydrogen) atoms. The van der Waals surface area contributed by atoms with Crippen LogP contribution >= 0.6 is 0 Å². The minimum absolute atomic E-state index is 0. The molecule has 4 rings (SSSR count). The second-order valence-corrected chi connectivity index (χ2v) is 92.7. The van der Waals surface area contributed by atoms with Gasteiger partial charge in [-0.25, -0.2) is 0 Å². The maximum absolute atomic E-state index is 2.69. The van der Waals surface area contributed by atoms with Gasteiger partial charge < -0.3 is 24.8 Å². The average molecular weight is 1100 g/mol. The van der Waals surface area contributed by atoms with Crippen molar-refractivity contribution in [1.82, 2.24) is 0 Å². The Hall–Kier alpha value is 1.54. The van der Waals surface area contributed by atoms with Crippen LogP contribution in [0, 0.1) is 0 Å². The molecule has 0 fully saturated rings. The first-order chi connectivity index (χ1) is 20.0. The van der Waals surface area contributed by atoms with Crippen molar-refractivity contribution in [2.75, 3.05) is 0 Å². The zero-order valence-corrected chi connectivity index (χ0v) is 47.4. The topological polar surface area (TPSA) is 0 Å². The molecule has 0 aromatic carbocycles. The van der Waals surface area contributed by atoms with Gasteiger partial charge in [0.1, 0.15) is 0 Å². The Bertz CT molecular complexity index is 1150. The van der Waals surface area contributed by atoms with Gasteiger partial charge >= 0.3 is 299 Å². The predicted octanol–water partition coefficient (Wildman–Crippen LogP) is 5.55. The second-order valence-electron chi connectivity index (χ2n) is 18.3. The van der Waals surface area contributed by atoms with E-state index in [0.717, 1.165) is 0 Å². The van der Waals surface area contributed by atoms with Crippen LogP contribution < -0.4 is 24.8 Å². The quantitative estimate of drug-likeness (QED) is 0.252. The summed E-state index contributed by atoms with van der Waals surface area (Å²) in [5.41, 5.74) is 0. The van der Waals surface area contributed by atoms with Crippen molar-refractivity contribution in [2.45, 2.75) is 130 Å². The van der Waals surface area contributed by atoms with Gasteiger partial charge in [0, 0.05) is 0 Å². The van der Waals surface area contributed by atoms with Crippen LogP contribution in [0.5, 0.6) is 0 Å². The van der Waals surface area contributed by atoms with E-state index in [1.165, 1.54) is 25.7 Å². The molecule has 0 nitrogen and oxygen atoms in total. The van der Waals surface area contributed by atoms with Gasteiger partial charge in [0.2, 0.25) is 0 Å². The van der Waals surface area contributed by atoms with Crippen molar-refractivity contribution in [3.05, 3.63) is 82.7 Å². The molecule has 4 aliphatic carbocycles. The van der Waals surface area contributed by atoms with E-state index in [-0.39, 0.29) is 24.8 Å². The van der Waals surface area contributed by atoms with E-state index < -0.39 is 85.5 Å². The summed E-state index contributed by atoms with van der Waals surface area (Å²) in [7, 11) is -4.48. The van der Waals surface area contributed by atoms with Crippen LogP contribution in [-0.2, 0) is 41.2 Å². The molecule has 0 saturated heterocycles. The summed E-state index contributed by atoms with van der Waals surface area (Å²) in [5.74, 6) is -1.03. The van der Waals surface area contributed by atoms with E-state index in [0.29, 0.717) is 0 Å². The van der Waals surface area contributed by atoms with Crippen LogP contribution in [0.1, 0.15) is 25.7 Å². The molecule has 0 aromatic heterocycles. The molecule has 0 bridgehead atoms. The smallest absolute Gasteiger partial charge is 1.00 e. The maximum Gasteiger partial charge on any atom is -1.00 e. The van der Waals surface area contributed by atoms with Gasteiger partial charge in [-0.3, -0.25) is 0 Å². The van der Waals surface area contributed by atoms with Gasteiger partial charge in [-0.2, -0.15) is 0 Å². The Kier molecular flexibility index (Phi) is 17.7. The van der Waals surface area contributed by atoms with Crippen molar-refractivity contribution in [1.29, 1.82) is 0 Å². The summed E-state index contributed by atoms with van der Waals surface area (Å²) < 4.78 is 7.78. The average Bonchev–Trinajstić information content (AvgIpc) is 3.64. The Morgan fingerprint density at radius 3 is 0.674 bits per heavy atom. The first-order valence-corrected chi connectivity index (χ1v) is 56.8. The third-order valence-electron chi connectivity index (χ3n) is 9.49. The standard InChI is InChI=1S/4C8H13Si.2C2H7Si.2ClH.2Hf/c4*1-9(2,3)8-6-4-5-7-8;2*1-3-2;;;;/h4*6-7H,4H2,1-3H3;2*3H,1-2H3;2*1H;;/q;;;;;;;;2*+1/p-2. The number of rotatable bonds is 10. The van der Waals surface area contributed by atoms with E-state index in [9.17, 15) is 0 Å². The van der Waals surface area contributed by atoms with Crippen molar-refractivity contribution >= 4 is 44.3 Å². The van der Waals surface area contributed by atoms with Crippen LogP contribution in [0.25, 0.3) is 0 Å². The van der Waals surface area contributed by atoms with Crippen LogP contribution in [0.15, 0.2) is 82.7 Å². The first kappa shape index (κ1) is 45.6. The fourth-order valence-corrected chi connectivity index (χ4v) is 67.8. The summed E-state index contributed by atoms with van der Waals surface area (Å²) in [6, 6.07) is 0. The molecule has 0 aromatic rings.